The fraction of sp³-hybridized carbons (Fsp3) is 0.278. The number of nitrogens with two attached hydrogens (primary N) is 1. The molecular formula is C18H23BN8O4. The Morgan fingerprint density at radius 1 is 1.29 bits per heavy atom. The standard InChI is InChI=1S/C18H23BN8O4/c1-12(16(28)29)26-11-27(17(20)24-19(26)25-18-21-5-4-6-22-18)23-10-13-7-14(30-2)9-15(8-13)31-3/h4-10,12H,11H2,1-3H3,(H2,20,24)(H,28,29)(H,21,22,25). The molecule has 0 spiro atoms. The Balaban J connectivity index is 1.86. The molecule has 0 bridgehead atoms. The van der Waals surface area contributed by atoms with Gasteiger partial charge in [-0.05, 0) is 25.1 Å². The molecular weight excluding hydrogens is 403 g/mol. The topological polar surface area (TPSA) is 151 Å². The highest BCUT2D eigenvalue weighted by molar-refractivity contribution is 6.59. The fourth-order valence-electron chi connectivity index (χ4n) is 2.79. The second-order valence-corrected chi connectivity index (χ2v) is 6.54. The van der Waals surface area contributed by atoms with Crippen molar-refractivity contribution in [3.8, 4) is 11.5 Å². The van der Waals surface area contributed by atoms with Gasteiger partial charge in [-0.1, -0.05) is 0 Å². The number of carboxylic acid groups (broad SMARTS) is 1. The Morgan fingerprint density at radius 3 is 2.52 bits per heavy atom. The van der Waals surface area contributed by atoms with Gasteiger partial charge in [-0.15, -0.1) is 0 Å². The molecule has 3 rings (SSSR count). The zero-order valence-corrected chi connectivity index (χ0v) is 17.3. The van der Waals surface area contributed by atoms with Crippen LogP contribution in [0.15, 0.2) is 46.7 Å². The van der Waals surface area contributed by atoms with Crippen molar-refractivity contribution in [2.24, 2.45) is 15.7 Å². The molecule has 0 fully saturated rings. The molecule has 4 N–H and O–H groups in total. The molecule has 0 saturated heterocycles. The van der Waals surface area contributed by atoms with E-state index in [1.807, 2.05) is 0 Å². The Morgan fingerprint density at radius 2 is 1.94 bits per heavy atom. The summed E-state index contributed by atoms with van der Waals surface area (Å²) >= 11 is 0. The number of nitrogens with zero attached hydrogens (tertiary/aromatic N) is 6. The summed E-state index contributed by atoms with van der Waals surface area (Å²) in [7, 11) is 2.33. The van der Waals surface area contributed by atoms with Gasteiger partial charge in [0.2, 0.25) is 11.9 Å². The number of carboxylic acids is 1. The lowest BCUT2D eigenvalue weighted by Crippen LogP contribution is -2.61. The number of benzene rings is 1. The summed E-state index contributed by atoms with van der Waals surface area (Å²) in [6, 6.07) is 6.08. The number of anilines is 1. The van der Waals surface area contributed by atoms with Crippen molar-refractivity contribution >= 4 is 31.2 Å². The maximum atomic E-state index is 11.6. The van der Waals surface area contributed by atoms with Crippen LogP contribution < -0.4 is 20.4 Å². The van der Waals surface area contributed by atoms with Crippen LogP contribution in [-0.2, 0) is 4.79 Å². The van der Waals surface area contributed by atoms with Crippen LogP contribution >= 0.6 is 0 Å². The molecule has 1 unspecified atom stereocenters. The molecule has 13 heteroatoms. The quantitative estimate of drug-likeness (QED) is 0.397. The van der Waals surface area contributed by atoms with Crippen LogP contribution in [0.4, 0.5) is 5.95 Å². The largest absolute Gasteiger partial charge is 0.497 e. The summed E-state index contributed by atoms with van der Waals surface area (Å²) in [4.78, 5) is 25.7. The molecule has 2 aromatic rings. The van der Waals surface area contributed by atoms with E-state index in [4.69, 9.17) is 15.2 Å². The van der Waals surface area contributed by atoms with E-state index in [2.05, 4.69) is 25.2 Å². The Labute approximate surface area is 179 Å². The lowest BCUT2D eigenvalue weighted by molar-refractivity contribution is -0.141. The molecule has 2 heterocycles. The first-order valence-corrected chi connectivity index (χ1v) is 9.31. The van der Waals surface area contributed by atoms with E-state index >= 15 is 0 Å². The molecule has 1 aliphatic rings. The van der Waals surface area contributed by atoms with Gasteiger partial charge in [0.1, 0.15) is 11.5 Å². The molecule has 0 saturated carbocycles. The molecule has 31 heavy (non-hydrogen) atoms. The van der Waals surface area contributed by atoms with Gasteiger partial charge in [0.15, 0.2) is 0 Å². The van der Waals surface area contributed by atoms with E-state index in [0.717, 1.165) is 0 Å². The fourth-order valence-corrected chi connectivity index (χ4v) is 2.79. The van der Waals surface area contributed by atoms with Gasteiger partial charge in [-0.3, -0.25) is 14.5 Å². The maximum Gasteiger partial charge on any atom is 0.494 e. The van der Waals surface area contributed by atoms with Gasteiger partial charge in [-0.25, -0.2) is 15.0 Å². The third kappa shape index (κ3) is 5.39. The highest BCUT2D eigenvalue weighted by atomic mass is 16.5. The highest BCUT2D eigenvalue weighted by Gasteiger charge is 2.38. The summed E-state index contributed by atoms with van der Waals surface area (Å²) in [6.45, 7) is 1.62. The number of hydrogen-bond acceptors (Lipinski definition) is 11. The van der Waals surface area contributed by atoms with Crippen molar-refractivity contribution in [3.63, 3.8) is 0 Å². The van der Waals surface area contributed by atoms with Crippen molar-refractivity contribution in [2.75, 3.05) is 26.1 Å². The van der Waals surface area contributed by atoms with Crippen LogP contribution in [0.25, 0.3) is 0 Å². The minimum atomic E-state index is -1.02. The van der Waals surface area contributed by atoms with Crippen LogP contribution in [-0.4, -0.2) is 77.1 Å². The third-order valence-corrected chi connectivity index (χ3v) is 4.53. The van der Waals surface area contributed by atoms with Crippen molar-refractivity contribution < 1.29 is 19.4 Å². The predicted molar refractivity (Wildman–Crippen MR) is 116 cm³/mol. The number of carbonyl (C=O) groups is 1. The molecule has 0 aliphatic carbocycles. The zero-order chi connectivity index (χ0) is 22.4. The van der Waals surface area contributed by atoms with E-state index in [1.54, 1.807) is 68.8 Å². The van der Waals surface area contributed by atoms with Crippen molar-refractivity contribution in [1.29, 1.82) is 0 Å². The van der Waals surface area contributed by atoms with Gasteiger partial charge in [0.05, 0.1) is 33.1 Å². The molecule has 0 amide bonds. The van der Waals surface area contributed by atoms with Gasteiger partial charge >= 0.3 is 13.1 Å². The predicted octanol–water partition coefficient (Wildman–Crippen LogP) is 0.288. The van der Waals surface area contributed by atoms with Crippen molar-refractivity contribution in [2.45, 2.75) is 13.0 Å². The van der Waals surface area contributed by atoms with Crippen LogP contribution in [0.5, 0.6) is 11.5 Å². The van der Waals surface area contributed by atoms with Gasteiger partial charge < -0.3 is 25.5 Å². The molecule has 1 aromatic heterocycles. The van der Waals surface area contributed by atoms with E-state index in [1.165, 1.54) is 5.01 Å². The first-order chi connectivity index (χ1) is 14.9. The third-order valence-electron chi connectivity index (χ3n) is 4.53. The first-order valence-electron chi connectivity index (χ1n) is 9.31. The minimum absolute atomic E-state index is 0.0743. The average Bonchev–Trinajstić information content (AvgIpc) is 2.78. The van der Waals surface area contributed by atoms with E-state index in [-0.39, 0.29) is 12.6 Å². The number of hydrazone groups is 1. The van der Waals surface area contributed by atoms with Crippen LogP contribution in [0, 0.1) is 0 Å². The zero-order valence-electron chi connectivity index (χ0n) is 17.3. The number of ether oxygens (including phenoxy) is 2. The van der Waals surface area contributed by atoms with Crippen molar-refractivity contribution in [1.82, 2.24) is 19.8 Å². The second kappa shape index (κ2) is 9.76. The van der Waals surface area contributed by atoms with E-state index < -0.39 is 19.1 Å². The normalized spacial score (nSPS) is 15.5. The SMILES string of the molecule is COc1cc(C=NN2CN(C(C)C(=O)O)B(Nc3ncccn3)N=C2N)cc(OC)c1. The Hall–Kier alpha value is -3.87. The van der Waals surface area contributed by atoms with Crippen molar-refractivity contribution in [3.05, 3.63) is 42.2 Å². The number of aliphatic carboxylic acids is 1. The van der Waals surface area contributed by atoms with Gasteiger partial charge in [-0.2, -0.15) is 5.10 Å². The van der Waals surface area contributed by atoms with E-state index in [0.29, 0.717) is 23.0 Å². The summed E-state index contributed by atoms with van der Waals surface area (Å²) < 4.78 is 10.5. The Bertz CT molecular complexity index is 952. The Kier molecular flexibility index (Phi) is 6.87. The number of guanidine groups is 1. The lowest BCUT2D eigenvalue weighted by Gasteiger charge is -2.36. The number of hydrogen-bond donors (Lipinski definition) is 3. The highest BCUT2D eigenvalue weighted by Crippen LogP contribution is 2.22. The molecule has 1 aromatic carbocycles. The second-order valence-electron chi connectivity index (χ2n) is 6.54. The molecule has 0 radical (unpaired) electrons. The van der Waals surface area contributed by atoms with Gasteiger partial charge in [0.25, 0.3) is 0 Å². The maximum absolute atomic E-state index is 11.6. The molecule has 12 nitrogen and oxygen atoms in total. The number of methoxy groups -OCH3 is 2. The summed E-state index contributed by atoms with van der Waals surface area (Å²) in [5, 5.41) is 18.3. The minimum Gasteiger partial charge on any atom is -0.497 e. The number of aromatic nitrogens is 2. The smallest absolute Gasteiger partial charge is 0.494 e. The summed E-state index contributed by atoms with van der Waals surface area (Å²) in [6.07, 6.45) is 4.69. The molecule has 1 atom stereocenters. The molecule has 162 valence electrons. The number of nitrogens with one attached hydrogen (secondary N) is 1. The summed E-state index contributed by atoms with van der Waals surface area (Å²) in [5.41, 5.74) is 6.80. The first kappa shape index (κ1) is 21.8. The number of rotatable bonds is 8. The van der Waals surface area contributed by atoms with Crippen LogP contribution in [0.1, 0.15) is 12.5 Å². The van der Waals surface area contributed by atoms with Crippen LogP contribution in [0.2, 0.25) is 0 Å². The molecule has 1 aliphatic heterocycles. The summed E-state index contributed by atoms with van der Waals surface area (Å²) in [5.74, 6) is 0.599. The lowest BCUT2D eigenvalue weighted by atomic mass is 9.88. The van der Waals surface area contributed by atoms with Gasteiger partial charge in [0, 0.05) is 24.0 Å². The monoisotopic (exact) mass is 426 g/mol. The van der Waals surface area contributed by atoms with Crippen LogP contribution in [0.3, 0.4) is 0 Å². The van der Waals surface area contributed by atoms with E-state index in [9.17, 15) is 9.90 Å². The average molecular weight is 426 g/mol.